The molecule has 0 radical (unpaired) electrons. The number of hydrogen-bond donors (Lipinski definition) is 2. The molecule has 1 atom stereocenters. The molecule has 8 nitrogen and oxygen atoms in total. The normalized spacial score (nSPS) is 12.2. The van der Waals surface area contributed by atoms with Crippen molar-refractivity contribution in [3.05, 3.63) is 29.1 Å². The van der Waals surface area contributed by atoms with Gasteiger partial charge in [0, 0.05) is 24.8 Å². The number of carbonyl (C=O) groups is 1. The second-order valence-corrected chi connectivity index (χ2v) is 5.82. The van der Waals surface area contributed by atoms with E-state index in [2.05, 4.69) is 32.6 Å². The highest BCUT2D eigenvalue weighted by molar-refractivity contribution is 5.74. The lowest BCUT2D eigenvalue weighted by atomic mass is 10.1. The van der Waals surface area contributed by atoms with Gasteiger partial charge >= 0.3 is 6.03 Å². The highest BCUT2D eigenvalue weighted by Crippen LogP contribution is 2.19. The average molecular weight is 319 g/mol. The van der Waals surface area contributed by atoms with Crippen molar-refractivity contribution in [2.24, 2.45) is 0 Å². The Morgan fingerprint density at radius 2 is 2.22 bits per heavy atom. The fraction of sp³-hybridized carbons (Fsp3) is 0.600. The van der Waals surface area contributed by atoms with Gasteiger partial charge in [-0.15, -0.1) is 10.2 Å². The number of nitrogens with one attached hydrogen (secondary N) is 2. The molecule has 2 aromatic rings. The molecule has 0 fully saturated rings. The highest BCUT2D eigenvalue weighted by atomic mass is 16.2. The zero-order valence-electron chi connectivity index (χ0n) is 14.4. The molecule has 0 aromatic carbocycles. The number of aromatic nitrogens is 5. The van der Waals surface area contributed by atoms with Gasteiger partial charge in [0.05, 0.1) is 18.3 Å². The number of H-pyrrole nitrogens is 1. The van der Waals surface area contributed by atoms with E-state index >= 15 is 0 Å². The lowest BCUT2D eigenvalue weighted by Gasteiger charge is -2.21. The molecule has 0 bridgehead atoms. The van der Waals surface area contributed by atoms with E-state index in [0.29, 0.717) is 6.54 Å². The minimum Gasteiger partial charge on any atom is -0.331 e. The van der Waals surface area contributed by atoms with Crippen molar-refractivity contribution in [2.45, 2.75) is 53.2 Å². The molecule has 0 saturated carbocycles. The summed E-state index contributed by atoms with van der Waals surface area (Å²) in [6.07, 6.45) is 2.70. The fourth-order valence-corrected chi connectivity index (χ4v) is 2.68. The summed E-state index contributed by atoms with van der Waals surface area (Å²) in [4.78, 5) is 14.0. The van der Waals surface area contributed by atoms with Crippen LogP contribution in [0.2, 0.25) is 0 Å². The number of aryl methyl sites for hydroxylation is 3. The number of hydrogen-bond acceptors (Lipinski definition) is 4. The average Bonchev–Trinajstić information content (AvgIpc) is 3.06. The predicted octanol–water partition coefficient (Wildman–Crippen LogP) is 1.93. The number of nitrogens with zero attached hydrogens (tertiary/aromatic N) is 5. The van der Waals surface area contributed by atoms with Crippen LogP contribution < -0.4 is 5.32 Å². The predicted molar refractivity (Wildman–Crippen MR) is 86.8 cm³/mol. The molecule has 2 heterocycles. The molecule has 2 amide bonds. The van der Waals surface area contributed by atoms with E-state index in [1.165, 1.54) is 0 Å². The summed E-state index contributed by atoms with van der Waals surface area (Å²) < 4.78 is 1.97. The Morgan fingerprint density at radius 1 is 1.48 bits per heavy atom. The van der Waals surface area contributed by atoms with Gasteiger partial charge in [-0.05, 0) is 27.2 Å². The quantitative estimate of drug-likeness (QED) is 0.851. The molecule has 0 aliphatic carbocycles. The van der Waals surface area contributed by atoms with Crippen molar-refractivity contribution in [3.8, 4) is 0 Å². The molecule has 8 heteroatoms. The summed E-state index contributed by atoms with van der Waals surface area (Å²) in [6, 6.07) is -0.263. The standard InChI is InChI=1S/C15H25N7O/c1-6-7-22-9-16-20-13(22)8-21(5)15(23)17-10(2)14-11(3)18-19-12(14)4/h9-10H,6-8H2,1-5H3,(H,17,23)(H,18,19). The smallest absolute Gasteiger partial charge is 0.318 e. The van der Waals surface area contributed by atoms with Gasteiger partial charge in [-0.25, -0.2) is 4.79 Å². The summed E-state index contributed by atoms with van der Waals surface area (Å²) in [5.41, 5.74) is 2.90. The maximum Gasteiger partial charge on any atom is 0.318 e. The number of amides is 2. The molecule has 0 aliphatic heterocycles. The van der Waals surface area contributed by atoms with Crippen LogP contribution in [0.15, 0.2) is 6.33 Å². The Morgan fingerprint density at radius 3 is 2.83 bits per heavy atom. The second-order valence-electron chi connectivity index (χ2n) is 5.82. The molecule has 126 valence electrons. The van der Waals surface area contributed by atoms with Crippen molar-refractivity contribution in [3.63, 3.8) is 0 Å². The molecule has 23 heavy (non-hydrogen) atoms. The van der Waals surface area contributed by atoms with Crippen LogP contribution >= 0.6 is 0 Å². The molecule has 0 saturated heterocycles. The van der Waals surface area contributed by atoms with Gasteiger partial charge in [-0.2, -0.15) is 5.10 Å². The fourth-order valence-electron chi connectivity index (χ4n) is 2.68. The first-order valence-corrected chi connectivity index (χ1v) is 7.83. The topological polar surface area (TPSA) is 91.7 Å². The van der Waals surface area contributed by atoms with Gasteiger partial charge in [-0.3, -0.25) is 5.10 Å². The van der Waals surface area contributed by atoms with Crippen molar-refractivity contribution < 1.29 is 4.79 Å². The van der Waals surface area contributed by atoms with Crippen molar-refractivity contribution in [1.29, 1.82) is 0 Å². The van der Waals surface area contributed by atoms with E-state index < -0.39 is 0 Å². The highest BCUT2D eigenvalue weighted by Gasteiger charge is 2.19. The van der Waals surface area contributed by atoms with E-state index in [1.54, 1.807) is 18.3 Å². The van der Waals surface area contributed by atoms with Gasteiger partial charge in [-0.1, -0.05) is 6.92 Å². The zero-order chi connectivity index (χ0) is 17.0. The number of urea groups is 1. The summed E-state index contributed by atoms with van der Waals surface area (Å²) >= 11 is 0. The number of carbonyl (C=O) groups excluding carboxylic acids is 1. The minimum atomic E-state index is -0.149. The number of aromatic amines is 1. The van der Waals surface area contributed by atoms with Crippen LogP contribution in [0.25, 0.3) is 0 Å². The molecule has 1 unspecified atom stereocenters. The van der Waals surface area contributed by atoms with Crippen molar-refractivity contribution in [2.75, 3.05) is 7.05 Å². The maximum absolute atomic E-state index is 12.4. The molecular formula is C15H25N7O. The van der Waals surface area contributed by atoms with Crippen LogP contribution in [0.3, 0.4) is 0 Å². The molecule has 2 aromatic heterocycles. The first kappa shape index (κ1) is 17.0. The van der Waals surface area contributed by atoms with E-state index in [9.17, 15) is 4.79 Å². The summed E-state index contributed by atoms with van der Waals surface area (Å²) in [7, 11) is 1.75. The van der Waals surface area contributed by atoms with E-state index in [0.717, 1.165) is 35.7 Å². The SMILES string of the molecule is CCCn1cnnc1CN(C)C(=O)NC(C)c1c(C)n[nH]c1C. The van der Waals surface area contributed by atoms with Crippen molar-refractivity contribution in [1.82, 2.24) is 35.2 Å². The summed E-state index contributed by atoms with van der Waals surface area (Å²) in [6.45, 7) is 9.20. The summed E-state index contributed by atoms with van der Waals surface area (Å²) in [5.74, 6) is 0.785. The first-order chi connectivity index (χ1) is 10.9. The largest absolute Gasteiger partial charge is 0.331 e. The van der Waals surface area contributed by atoms with Gasteiger partial charge < -0.3 is 14.8 Å². The molecule has 2 N–H and O–H groups in total. The van der Waals surface area contributed by atoms with Gasteiger partial charge in [0.2, 0.25) is 0 Å². The van der Waals surface area contributed by atoms with Gasteiger partial charge in [0.15, 0.2) is 5.82 Å². The van der Waals surface area contributed by atoms with E-state index in [1.807, 2.05) is 25.3 Å². The van der Waals surface area contributed by atoms with Gasteiger partial charge in [0.25, 0.3) is 0 Å². The van der Waals surface area contributed by atoms with Crippen LogP contribution in [-0.4, -0.2) is 42.9 Å². The Kier molecular flexibility index (Phi) is 5.36. The lowest BCUT2D eigenvalue weighted by Crippen LogP contribution is -2.39. The van der Waals surface area contributed by atoms with Crippen LogP contribution in [0, 0.1) is 13.8 Å². The third-order valence-corrected chi connectivity index (χ3v) is 3.84. The van der Waals surface area contributed by atoms with Crippen LogP contribution in [0.1, 0.15) is 49.1 Å². The molecule has 2 rings (SSSR count). The third kappa shape index (κ3) is 3.88. The Bertz CT molecular complexity index is 641. The summed E-state index contributed by atoms with van der Waals surface area (Å²) in [5, 5.41) is 18.1. The minimum absolute atomic E-state index is 0.114. The third-order valence-electron chi connectivity index (χ3n) is 3.84. The van der Waals surface area contributed by atoms with E-state index in [-0.39, 0.29) is 12.1 Å². The molecule has 0 aliphatic rings. The van der Waals surface area contributed by atoms with Crippen molar-refractivity contribution >= 4 is 6.03 Å². The number of rotatable bonds is 6. The van der Waals surface area contributed by atoms with Crippen LogP contribution in [0.5, 0.6) is 0 Å². The monoisotopic (exact) mass is 319 g/mol. The Balaban J connectivity index is 1.98. The van der Waals surface area contributed by atoms with E-state index in [4.69, 9.17) is 0 Å². The first-order valence-electron chi connectivity index (χ1n) is 7.83. The zero-order valence-corrected chi connectivity index (χ0v) is 14.4. The maximum atomic E-state index is 12.4. The van der Waals surface area contributed by atoms with Crippen LogP contribution in [-0.2, 0) is 13.1 Å². The Hall–Kier alpha value is -2.38. The second kappa shape index (κ2) is 7.26. The van der Waals surface area contributed by atoms with Gasteiger partial charge in [0.1, 0.15) is 6.33 Å². The molecule has 0 spiro atoms. The molecular weight excluding hydrogens is 294 g/mol. The Labute approximate surface area is 136 Å². The lowest BCUT2D eigenvalue weighted by molar-refractivity contribution is 0.201. The van der Waals surface area contributed by atoms with Crippen LogP contribution in [0.4, 0.5) is 4.79 Å².